The molecule has 0 aliphatic carbocycles. The molecule has 1 saturated heterocycles. The Kier molecular flexibility index (Phi) is 4.62. The summed E-state index contributed by atoms with van der Waals surface area (Å²) in [5, 5.41) is 3.18. The lowest BCUT2D eigenvalue weighted by atomic mass is 9.99. The fourth-order valence-corrected chi connectivity index (χ4v) is 3.39. The van der Waals surface area contributed by atoms with E-state index in [1.165, 1.54) is 6.33 Å². The van der Waals surface area contributed by atoms with E-state index < -0.39 is 0 Å². The largest absolute Gasteiger partial charge is 0.347 e. The number of carbonyl (C=O) groups is 1. The monoisotopic (exact) mass is 328 g/mol. The van der Waals surface area contributed by atoms with Gasteiger partial charge in [0.1, 0.15) is 6.33 Å². The number of carbonyl (C=O) groups excluding carboxylic acids is 1. The van der Waals surface area contributed by atoms with Crippen molar-refractivity contribution in [2.24, 2.45) is 7.05 Å². The van der Waals surface area contributed by atoms with Crippen LogP contribution in [0.5, 0.6) is 0 Å². The summed E-state index contributed by atoms with van der Waals surface area (Å²) in [4.78, 5) is 27.5. The van der Waals surface area contributed by atoms with E-state index in [0.29, 0.717) is 5.56 Å². The Morgan fingerprint density at radius 3 is 2.71 bits per heavy atom. The van der Waals surface area contributed by atoms with Crippen molar-refractivity contribution in [3.05, 3.63) is 42.0 Å². The summed E-state index contributed by atoms with van der Waals surface area (Å²) in [5.74, 6) is 0.290. The van der Waals surface area contributed by atoms with Crippen LogP contribution in [0.3, 0.4) is 0 Å². The third kappa shape index (κ3) is 3.17. The van der Waals surface area contributed by atoms with Crippen LogP contribution in [-0.2, 0) is 7.05 Å². The lowest BCUT2D eigenvalue weighted by Crippen LogP contribution is -2.40. The fourth-order valence-electron chi connectivity index (χ4n) is 3.39. The molecule has 1 aliphatic heterocycles. The second-order valence-electron chi connectivity index (χ2n) is 6.81. The zero-order valence-electron chi connectivity index (χ0n) is 14.6. The number of nitrogens with one attached hydrogen (secondary N) is 1. The topological polar surface area (TPSA) is 75.9 Å². The van der Waals surface area contributed by atoms with E-state index in [1.807, 2.05) is 31.7 Å². The van der Waals surface area contributed by atoms with Crippen LogP contribution in [0.2, 0.25) is 0 Å². The number of likely N-dealkylation sites (tertiary alicyclic amines) is 1. The number of imidazole rings is 1. The number of aryl methyl sites for hydroxylation is 1. The average molecular weight is 328 g/mol. The molecule has 24 heavy (non-hydrogen) atoms. The zero-order chi connectivity index (χ0) is 17.3. The van der Waals surface area contributed by atoms with Crippen LogP contribution in [0.4, 0.5) is 0 Å². The van der Waals surface area contributed by atoms with Gasteiger partial charge in [-0.2, -0.15) is 0 Å². The van der Waals surface area contributed by atoms with Gasteiger partial charge in [0.15, 0.2) is 0 Å². The number of amides is 1. The van der Waals surface area contributed by atoms with Gasteiger partial charge in [0.2, 0.25) is 0 Å². The summed E-state index contributed by atoms with van der Waals surface area (Å²) >= 11 is 0. The number of likely N-dealkylation sites (N-methyl/N-ethyl adjacent to an activating group) is 1. The van der Waals surface area contributed by atoms with Crippen LogP contribution in [0.15, 0.2) is 25.0 Å². The molecule has 0 unspecified atom stereocenters. The number of rotatable bonds is 4. The Morgan fingerprint density at radius 2 is 2.04 bits per heavy atom. The highest BCUT2D eigenvalue weighted by molar-refractivity contribution is 5.95. The van der Waals surface area contributed by atoms with Gasteiger partial charge in [0.05, 0.1) is 23.6 Å². The van der Waals surface area contributed by atoms with Gasteiger partial charge in [-0.05, 0) is 13.0 Å². The highest BCUT2D eigenvalue weighted by atomic mass is 16.1. The minimum atomic E-state index is -0.105. The number of hydrogen-bond donors (Lipinski definition) is 1. The fraction of sp³-hybridized carbons (Fsp3) is 0.529. The van der Waals surface area contributed by atoms with E-state index in [1.54, 1.807) is 12.5 Å². The number of hydrogen-bond acceptors (Lipinski definition) is 5. The summed E-state index contributed by atoms with van der Waals surface area (Å²) in [6, 6.07) is 0.0399. The molecule has 0 spiro atoms. The summed E-state index contributed by atoms with van der Waals surface area (Å²) in [6.07, 6.45) is 6.78. The smallest absolute Gasteiger partial charge is 0.255 e. The summed E-state index contributed by atoms with van der Waals surface area (Å²) < 4.78 is 2.02. The van der Waals surface area contributed by atoms with Crippen LogP contribution in [0.1, 0.15) is 47.4 Å². The summed E-state index contributed by atoms with van der Waals surface area (Å²) in [5.41, 5.74) is 2.48. The van der Waals surface area contributed by atoms with E-state index in [9.17, 15) is 4.79 Å². The first-order valence-electron chi connectivity index (χ1n) is 8.23. The normalized spacial score (nSPS) is 21.4. The third-order valence-electron chi connectivity index (χ3n) is 4.59. The van der Waals surface area contributed by atoms with Crippen LogP contribution in [0, 0.1) is 0 Å². The molecule has 0 saturated carbocycles. The predicted molar refractivity (Wildman–Crippen MR) is 90.8 cm³/mol. The van der Waals surface area contributed by atoms with Gasteiger partial charge in [0, 0.05) is 44.1 Å². The molecule has 7 heteroatoms. The third-order valence-corrected chi connectivity index (χ3v) is 4.59. The van der Waals surface area contributed by atoms with Gasteiger partial charge in [-0.1, -0.05) is 13.8 Å². The van der Waals surface area contributed by atoms with Crippen LogP contribution >= 0.6 is 0 Å². The van der Waals surface area contributed by atoms with E-state index >= 15 is 0 Å². The molecule has 2 aromatic heterocycles. The molecule has 0 radical (unpaired) electrons. The Balaban J connectivity index is 1.82. The second kappa shape index (κ2) is 6.68. The van der Waals surface area contributed by atoms with Crippen molar-refractivity contribution in [1.29, 1.82) is 0 Å². The molecule has 128 valence electrons. The van der Waals surface area contributed by atoms with Crippen molar-refractivity contribution < 1.29 is 4.79 Å². The molecule has 2 aromatic rings. The van der Waals surface area contributed by atoms with Crippen molar-refractivity contribution in [2.75, 3.05) is 20.1 Å². The molecule has 1 fully saturated rings. The van der Waals surface area contributed by atoms with Crippen molar-refractivity contribution in [3.8, 4) is 0 Å². The van der Waals surface area contributed by atoms with Gasteiger partial charge in [-0.25, -0.2) is 15.0 Å². The average Bonchev–Trinajstić information content (AvgIpc) is 3.12. The lowest BCUT2D eigenvalue weighted by molar-refractivity contribution is 0.0933. The van der Waals surface area contributed by atoms with Crippen molar-refractivity contribution >= 4 is 5.91 Å². The second-order valence-corrected chi connectivity index (χ2v) is 6.81. The Bertz CT molecular complexity index is 725. The molecule has 3 rings (SSSR count). The first kappa shape index (κ1) is 16.6. The Morgan fingerprint density at radius 1 is 1.25 bits per heavy atom. The van der Waals surface area contributed by atoms with Gasteiger partial charge in [-0.15, -0.1) is 0 Å². The van der Waals surface area contributed by atoms with Crippen LogP contribution < -0.4 is 5.32 Å². The maximum atomic E-state index is 12.8. The summed E-state index contributed by atoms with van der Waals surface area (Å²) in [7, 11) is 4.06. The van der Waals surface area contributed by atoms with Crippen molar-refractivity contribution in [1.82, 2.24) is 29.7 Å². The highest BCUT2D eigenvalue weighted by Gasteiger charge is 2.35. The van der Waals surface area contributed by atoms with Gasteiger partial charge < -0.3 is 14.8 Å². The highest BCUT2D eigenvalue weighted by Crippen LogP contribution is 2.27. The van der Waals surface area contributed by atoms with Crippen LogP contribution in [0.25, 0.3) is 0 Å². The zero-order valence-corrected chi connectivity index (χ0v) is 14.6. The molecule has 3 heterocycles. The van der Waals surface area contributed by atoms with E-state index in [-0.39, 0.29) is 23.8 Å². The number of nitrogens with zero attached hydrogens (tertiary/aromatic N) is 5. The molecular formula is C17H24N6O. The molecule has 1 N–H and O–H groups in total. The van der Waals surface area contributed by atoms with E-state index in [4.69, 9.17) is 0 Å². The minimum absolute atomic E-state index is 0.0399. The van der Waals surface area contributed by atoms with Crippen molar-refractivity contribution in [3.63, 3.8) is 0 Å². The molecule has 0 aromatic carbocycles. The number of aromatic nitrogens is 4. The maximum absolute atomic E-state index is 12.8. The first-order chi connectivity index (χ1) is 11.5. The molecular weight excluding hydrogens is 304 g/mol. The summed E-state index contributed by atoms with van der Waals surface area (Å²) in [6.45, 7) is 5.76. The molecule has 0 bridgehead atoms. The Hall–Kier alpha value is -2.28. The lowest BCUT2D eigenvalue weighted by Gasteiger charge is -2.21. The molecule has 2 atom stereocenters. The van der Waals surface area contributed by atoms with Crippen molar-refractivity contribution in [2.45, 2.75) is 31.7 Å². The van der Waals surface area contributed by atoms with Crippen LogP contribution in [-0.4, -0.2) is 56.5 Å². The van der Waals surface area contributed by atoms with Gasteiger partial charge in [-0.3, -0.25) is 4.79 Å². The SMILES string of the molecule is CC(C)c1ncncc1C(=O)N[C@@H]1CN(C)C[C@H]1c1cncn1C. The van der Waals surface area contributed by atoms with E-state index in [0.717, 1.165) is 24.5 Å². The first-order valence-corrected chi connectivity index (χ1v) is 8.23. The quantitative estimate of drug-likeness (QED) is 0.911. The standard InChI is InChI=1S/C17H24N6O/c1-11(2)16-12(5-18-9-20-16)17(24)21-14-8-22(3)7-13(14)15-6-19-10-23(15)4/h5-6,9-11,13-14H,7-8H2,1-4H3,(H,21,24)/t13-,14-/m1/s1. The van der Waals surface area contributed by atoms with Gasteiger partial charge >= 0.3 is 0 Å². The predicted octanol–water partition coefficient (Wildman–Crippen LogP) is 1.16. The van der Waals surface area contributed by atoms with E-state index in [2.05, 4.69) is 32.2 Å². The molecule has 7 nitrogen and oxygen atoms in total. The molecule has 1 aliphatic rings. The van der Waals surface area contributed by atoms with Gasteiger partial charge in [0.25, 0.3) is 5.91 Å². The maximum Gasteiger partial charge on any atom is 0.255 e. The molecule has 1 amide bonds. The Labute approximate surface area is 142 Å². The minimum Gasteiger partial charge on any atom is -0.347 e.